The second-order valence-electron chi connectivity index (χ2n) is 5.62. The number of hydrogen-bond acceptors (Lipinski definition) is 2. The summed E-state index contributed by atoms with van der Waals surface area (Å²) in [5.41, 5.74) is 0. The van der Waals surface area contributed by atoms with Crippen molar-refractivity contribution in [2.24, 2.45) is 5.92 Å². The van der Waals surface area contributed by atoms with Gasteiger partial charge in [-0.05, 0) is 45.3 Å². The first-order chi connectivity index (χ1) is 7.25. The van der Waals surface area contributed by atoms with E-state index in [0.29, 0.717) is 0 Å². The van der Waals surface area contributed by atoms with Gasteiger partial charge in [-0.3, -0.25) is 4.90 Å². The van der Waals surface area contributed by atoms with Gasteiger partial charge in [-0.25, -0.2) is 0 Å². The average Bonchev–Trinajstić information content (AvgIpc) is 2.43. The number of rotatable bonds is 1. The van der Waals surface area contributed by atoms with Crippen LogP contribution in [0.4, 0.5) is 0 Å². The molecule has 15 heavy (non-hydrogen) atoms. The highest BCUT2D eigenvalue weighted by molar-refractivity contribution is 4.80. The van der Waals surface area contributed by atoms with Crippen LogP contribution in [0.25, 0.3) is 0 Å². The van der Waals surface area contributed by atoms with Gasteiger partial charge in [-0.15, -0.1) is 0 Å². The fraction of sp³-hybridized carbons (Fsp3) is 1.00. The molecule has 0 aromatic rings. The minimum atomic E-state index is 0.903. The van der Waals surface area contributed by atoms with Crippen LogP contribution in [0.1, 0.15) is 39.0 Å². The first-order valence-electron chi connectivity index (χ1n) is 6.68. The topological polar surface area (TPSA) is 6.48 Å². The van der Waals surface area contributed by atoms with Crippen molar-refractivity contribution in [1.29, 1.82) is 0 Å². The van der Waals surface area contributed by atoms with E-state index in [0.717, 1.165) is 12.0 Å². The van der Waals surface area contributed by atoms with E-state index in [1.54, 1.807) is 0 Å². The van der Waals surface area contributed by atoms with Gasteiger partial charge in [0.15, 0.2) is 0 Å². The Morgan fingerprint density at radius 3 is 2.60 bits per heavy atom. The van der Waals surface area contributed by atoms with Crippen LogP contribution >= 0.6 is 0 Å². The maximum absolute atomic E-state index is 2.76. The van der Waals surface area contributed by atoms with Crippen molar-refractivity contribution in [3.8, 4) is 0 Å². The molecule has 2 rings (SSSR count). The van der Waals surface area contributed by atoms with Gasteiger partial charge >= 0.3 is 0 Å². The van der Waals surface area contributed by atoms with Crippen molar-refractivity contribution in [1.82, 2.24) is 9.80 Å². The van der Waals surface area contributed by atoms with E-state index in [4.69, 9.17) is 0 Å². The molecule has 1 aliphatic carbocycles. The molecule has 0 unspecified atom stereocenters. The average molecular weight is 210 g/mol. The summed E-state index contributed by atoms with van der Waals surface area (Å²) in [5, 5.41) is 0. The zero-order valence-electron chi connectivity index (χ0n) is 10.4. The molecule has 0 radical (unpaired) electrons. The quantitative estimate of drug-likeness (QED) is 0.655. The van der Waals surface area contributed by atoms with Gasteiger partial charge in [-0.1, -0.05) is 19.8 Å². The van der Waals surface area contributed by atoms with E-state index >= 15 is 0 Å². The van der Waals surface area contributed by atoms with Crippen LogP contribution in [0, 0.1) is 5.92 Å². The molecule has 0 aromatic heterocycles. The Hall–Kier alpha value is -0.0800. The third-order valence-electron chi connectivity index (χ3n) is 4.18. The summed E-state index contributed by atoms with van der Waals surface area (Å²) >= 11 is 0. The monoisotopic (exact) mass is 210 g/mol. The van der Waals surface area contributed by atoms with E-state index in [1.165, 1.54) is 58.3 Å². The molecule has 1 heterocycles. The van der Waals surface area contributed by atoms with Crippen LogP contribution in [-0.2, 0) is 0 Å². The lowest BCUT2D eigenvalue weighted by Crippen LogP contribution is -2.40. The number of likely N-dealkylation sites (N-methyl/N-ethyl adjacent to an activating group) is 1. The first kappa shape index (κ1) is 11.4. The van der Waals surface area contributed by atoms with E-state index in [9.17, 15) is 0 Å². The highest BCUT2D eigenvalue weighted by Gasteiger charge is 2.25. The molecule has 1 saturated heterocycles. The van der Waals surface area contributed by atoms with Gasteiger partial charge in [-0.2, -0.15) is 0 Å². The normalized spacial score (nSPS) is 36.4. The van der Waals surface area contributed by atoms with Crippen LogP contribution in [0.5, 0.6) is 0 Å². The lowest BCUT2D eigenvalue weighted by Gasteiger charge is -2.36. The second kappa shape index (κ2) is 5.31. The largest absolute Gasteiger partial charge is 0.305 e. The molecule has 2 aliphatic rings. The number of hydrogen-bond donors (Lipinski definition) is 0. The smallest absolute Gasteiger partial charge is 0.0112 e. The summed E-state index contributed by atoms with van der Waals surface area (Å²) < 4.78 is 0. The fourth-order valence-corrected chi connectivity index (χ4v) is 3.17. The molecule has 2 atom stereocenters. The lowest BCUT2D eigenvalue weighted by atomic mass is 9.86. The van der Waals surface area contributed by atoms with E-state index in [2.05, 4.69) is 23.8 Å². The van der Waals surface area contributed by atoms with Crippen molar-refractivity contribution in [3.05, 3.63) is 0 Å². The summed E-state index contributed by atoms with van der Waals surface area (Å²) in [7, 11) is 2.26. The molecule has 0 bridgehead atoms. The molecule has 1 aliphatic heterocycles. The highest BCUT2D eigenvalue weighted by atomic mass is 15.2. The summed E-state index contributed by atoms with van der Waals surface area (Å²) in [6, 6.07) is 0.903. The second-order valence-corrected chi connectivity index (χ2v) is 5.62. The van der Waals surface area contributed by atoms with Gasteiger partial charge in [0, 0.05) is 19.1 Å². The van der Waals surface area contributed by atoms with Gasteiger partial charge in [0.25, 0.3) is 0 Å². The Kier molecular flexibility index (Phi) is 4.04. The van der Waals surface area contributed by atoms with Crippen molar-refractivity contribution in [2.45, 2.75) is 45.1 Å². The predicted octanol–water partition coefficient (Wildman–Crippen LogP) is 2.20. The van der Waals surface area contributed by atoms with Gasteiger partial charge in [0.2, 0.25) is 0 Å². The molecule has 0 N–H and O–H groups in total. The van der Waals surface area contributed by atoms with Crippen molar-refractivity contribution >= 4 is 0 Å². The van der Waals surface area contributed by atoms with Crippen molar-refractivity contribution in [2.75, 3.05) is 33.2 Å². The molecule has 88 valence electrons. The zero-order chi connectivity index (χ0) is 10.7. The minimum Gasteiger partial charge on any atom is -0.305 e. The molecule has 0 spiro atoms. The first-order valence-corrected chi connectivity index (χ1v) is 6.68. The summed E-state index contributed by atoms with van der Waals surface area (Å²) in [5.74, 6) is 0.963. The Balaban J connectivity index is 1.85. The summed E-state index contributed by atoms with van der Waals surface area (Å²) in [4.78, 5) is 5.24. The number of nitrogens with zero attached hydrogens (tertiary/aromatic N) is 2. The molecular weight excluding hydrogens is 184 g/mol. The molecular formula is C13H26N2. The molecule has 2 nitrogen and oxygen atoms in total. The van der Waals surface area contributed by atoms with Crippen LogP contribution < -0.4 is 0 Å². The van der Waals surface area contributed by atoms with Crippen LogP contribution in [0.15, 0.2) is 0 Å². The summed E-state index contributed by atoms with van der Waals surface area (Å²) in [6.45, 7) is 7.62. The third-order valence-corrected chi connectivity index (χ3v) is 4.18. The SMILES string of the molecule is C[C@@H]1CCC[C@H](N2CCCN(C)CC2)C1. The Labute approximate surface area is 94.6 Å². The standard InChI is InChI=1S/C13H26N2/c1-12-5-3-6-13(11-12)15-8-4-7-14(2)9-10-15/h12-13H,3-11H2,1-2H3/t12-,13+/m1/s1. The van der Waals surface area contributed by atoms with Crippen LogP contribution in [-0.4, -0.2) is 49.1 Å². The maximum Gasteiger partial charge on any atom is 0.0112 e. The summed E-state index contributed by atoms with van der Waals surface area (Å²) in [6.07, 6.45) is 7.18. The van der Waals surface area contributed by atoms with E-state index in [1.807, 2.05) is 0 Å². The Bertz CT molecular complexity index is 193. The van der Waals surface area contributed by atoms with E-state index in [-0.39, 0.29) is 0 Å². The van der Waals surface area contributed by atoms with E-state index < -0.39 is 0 Å². The molecule has 1 saturated carbocycles. The third kappa shape index (κ3) is 3.18. The maximum atomic E-state index is 2.76. The lowest BCUT2D eigenvalue weighted by molar-refractivity contribution is 0.139. The van der Waals surface area contributed by atoms with Crippen LogP contribution in [0.2, 0.25) is 0 Å². The zero-order valence-corrected chi connectivity index (χ0v) is 10.4. The molecule has 0 aromatic carbocycles. The van der Waals surface area contributed by atoms with Crippen LogP contribution in [0.3, 0.4) is 0 Å². The van der Waals surface area contributed by atoms with Gasteiger partial charge < -0.3 is 4.90 Å². The van der Waals surface area contributed by atoms with Crippen molar-refractivity contribution in [3.63, 3.8) is 0 Å². The fourth-order valence-electron chi connectivity index (χ4n) is 3.17. The minimum absolute atomic E-state index is 0.903. The molecule has 2 fully saturated rings. The Morgan fingerprint density at radius 1 is 0.933 bits per heavy atom. The molecule has 2 heteroatoms. The van der Waals surface area contributed by atoms with Crippen molar-refractivity contribution < 1.29 is 0 Å². The van der Waals surface area contributed by atoms with Gasteiger partial charge in [0.1, 0.15) is 0 Å². The highest BCUT2D eigenvalue weighted by Crippen LogP contribution is 2.27. The Morgan fingerprint density at radius 2 is 1.80 bits per heavy atom. The predicted molar refractivity (Wildman–Crippen MR) is 65.1 cm³/mol. The molecule has 0 amide bonds. The van der Waals surface area contributed by atoms with Gasteiger partial charge in [0.05, 0.1) is 0 Å².